The van der Waals surface area contributed by atoms with Gasteiger partial charge in [0.2, 0.25) is 21.7 Å². The van der Waals surface area contributed by atoms with Crippen molar-refractivity contribution in [1.82, 2.24) is 19.4 Å². The quantitative estimate of drug-likeness (QED) is 0.450. The molecule has 2 aromatic heterocycles. The smallest absolute Gasteiger partial charge is 0.245 e. The van der Waals surface area contributed by atoms with E-state index in [4.69, 9.17) is 16.1 Å². The summed E-state index contributed by atoms with van der Waals surface area (Å²) in [7, 11) is -3.65. The van der Waals surface area contributed by atoms with Gasteiger partial charge in [0.25, 0.3) is 0 Å². The van der Waals surface area contributed by atoms with Crippen LogP contribution in [0.15, 0.2) is 70.2 Å². The van der Waals surface area contributed by atoms with Gasteiger partial charge in [0, 0.05) is 41.2 Å². The van der Waals surface area contributed by atoms with Crippen LogP contribution in [-0.4, -0.2) is 40.9 Å². The second-order valence-corrected chi connectivity index (χ2v) is 9.82. The molecule has 0 atom stereocenters. The van der Waals surface area contributed by atoms with Gasteiger partial charge in [0.15, 0.2) is 0 Å². The summed E-state index contributed by atoms with van der Waals surface area (Å²) in [5.41, 5.74) is 1.28. The van der Waals surface area contributed by atoms with Crippen LogP contribution in [0.3, 0.4) is 0 Å². The van der Waals surface area contributed by atoms with Crippen molar-refractivity contribution in [2.24, 2.45) is 0 Å². The molecule has 1 aliphatic rings. The Labute approximate surface area is 184 Å². The van der Waals surface area contributed by atoms with Gasteiger partial charge in [-0.05, 0) is 37.1 Å². The van der Waals surface area contributed by atoms with Crippen LogP contribution in [0.1, 0.15) is 24.7 Å². The summed E-state index contributed by atoms with van der Waals surface area (Å²) in [6, 6.07) is 16.2. The summed E-state index contributed by atoms with van der Waals surface area (Å²) >= 11 is 6.04. The third-order valence-electron chi connectivity index (χ3n) is 5.54. The topological polar surface area (TPSA) is 89.2 Å². The van der Waals surface area contributed by atoms with Gasteiger partial charge in [0.1, 0.15) is 4.90 Å². The van der Waals surface area contributed by atoms with Crippen LogP contribution in [-0.2, 0) is 10.0 Å². The van der Waals surface area contributed by atoms with Crippen LogP contribution < -0.4 is 0 Å². The first kappa shape index (κ1) is 20.1. The molecule has 1 fully saturated rings. The number of halogens is 1. The summed E-state index contributed by atoms with van der Waals surface area (Å²) in [6.07, 6.45) is 2.82. The van der Waals surface area contributed by atoms with Crippen LogP contribution in [0.25, 0.3) is 22.3 Å². The molecule has 0 saturated carbocycles. The fraction of sp³-hybridized carbons (Fsp3) is 0.227. The van der Waals surface area contributed by atoms with Gasteiger partial charge in [-0.3, -0.25) is 4.98 Å². The highest BCUT2D eigenvalue weighted by molar-refractivity contribution is 7.89. The summed E-state index contributed by atoms with van der Waals surface area (Å²) in [5, 5.41) is 5.47. The van der Waals surface area contributed by atoms with Crippen LogP contribution >= 0.6 is 11.6 Å². The van der Waals surface area contributed by atoms with Crippen LogP contribution in [0.4, 0.5) is 0 Å². The number of nitrogens with zero attached hydrogens (tertiary/aromatic N) is 4. The molecule has 5 rings (SSSR count). The van der Waals surface area contributed by atoms with Crippen molar-refractivity contribution in [3.05, 3.63) is 71.7 Å². The van der Waals surface area contributed by atoms with E-state index in [2.05, 4.69) is 15.1 Å². The van der Waals surface area contributed by atoms with Gasteiger partial charge in [-0.15, -0.1) is 0 Å². The first-order chi connectivity index (χ1) is 15.0. The molecule has 0 radical (unpaired) electrons. The number of benzene rings is 2. The number of hydrogen-bond acceptors (Lipinski definition) is 6. The summed E-state index contributed by atoms with van der Waals surface area (Å²) < 4.78 is 33.6. The van der Waals surface area contributed by atoms with Gasteiger partial charge >= 0.3 is 0 Å². The van der Waals surface area contributed by atoms with Gasteiger partial charge in [-0.25, -0.2) is 8.42 Å². The summed E-state index contributed by atoms with van der Waals surface area (Å²) in [5.74, 6) is 1.02. The lowest BCUT2D eigenvalue weighted by Crippen LogP contribution is -2.38. The number of hydrogen-bond donors (Lipinski definition) is 0. The Morgan fingerprint density at radius 3 is 2.61 bits per heavy atom. The van der Waals surface area contributed by atoms with Crippen molar-refractivity contribution in [2.45, 2.75) is 23.7 Å². The van der Waals surface area contributed by atoms with Gasteiger partial charge in [0.05, 0.1) is 5.52 Å². The van der Waals surface area contributed by atoms with E-state index in [0.29, 0.717) is 48.2 Å². The van der Waals surface area contributed by atoms with E-state index in [0.717, 1.165) is 10.9 Å². The van der Waals surface area contributed by atoms with E-state index in [-0.39, 0.29) is 10.8 Å². The van der Waals surface area contributed by atoms with Crippen molar-refractivity contribution < 1.29 is 12.9 Å². The maximum atomic E-state index is 13.3. The second-order valence-electron chi connectivity index (χ2n) is 7.48. The molecular formula is C22H19ClN4O3S. The third kappa shape index (κ3) is 3.82. The number of aromatic nitrogens is 3. The summed E-state index contributed by atoms with van der Waals surface area (Å²) in [6.45, 7) is 0.760. The average Bonchev–Trinajstić information content (AvgIpc) is 3.29. The molecule has 0 amide bonds. The van der Waals surface area contributed by atoms with E-state index < -0.39 is 10.0 Å². The molecule has 0 spiro atoms. The van der Waals surface area contributed by atoms with E-state index in [1.807, 2.05) is 24.3 Å². The molecule has 1 saturated heterocycles. The van der Waals surface area contributed by atoms with Crippen molar-refractivity contribution in [3.63, 3.8) is 0 Å². The van der Waals surface area contributed by atoms with Gasteiger partial charge < -0.3 is 4.52 Å². The Bertz CT molecular complexity index is 1340. The minimum absolute atomic E-state index is 0.0116. The van der Waals surface area contributed by atoms with E-state index >= 15 is 0 Å². The minimum atomic E-state index is -3.65. The highest BCUT2D eigenvalue weighted by Gasteiger charge is 2.33. The van der Waals surface area contributed by atoms with E-state index in [9.17, 15) is 8.42 Å². The fourth-order valence-electron chi connectivity index (χ4n) is 3.91. The molecule has 4 aromatic rings. The zero-order chi connectivity index (χ0) is 21.4. The van der Waals surface area contributed by atoms with Crippen molar-refractivity contribution in [3.8, 4) is 11.4 Å². The van der Waals surface area contributed by atoms with E-state index in [1.165, 1.54) is 4.31 Å². The molecule has 0 unspecified atom stereocenters. The maximum absolute atomic E-state index is 13.3. The van der Waals surface area contributed by atoms with Crippen molar-refractivity contribution in [1.29, 1.82) is 0 Å². The summed E-state index contributed by atoms with van der Waals surface area (Å²) in [4.78, 5) is 9.05. The standard InChI is InChI=1S/C22H19ClN4O3S/c23-18-7-1-5-17(14-18)21-25-22(30-26-21)16-9-12-27(13-10-16)31(28,29)19-8-2-4-15-6-3-11-24-20(15)19/h1-8,11,14,16H,9-10,12-13H2. The van der Waals surface area contributed by atoms with E-state index in [1.54, 1.807) is 36.5 Å². The molecule has 0 bridgehead atoms. The largest absolute Gasteiger partial charge is 0.339 e. The zero-order valence-electron chi connectivity index (χ0n) is 16.5. The number of piperidine rings is 1. The number of fused-ring (bicyclic) bond motifs is 1. The zero-order valence-corrected chi connectivity index (χ0v) is 18.1. The average molecular weight is 455 g/mol. The predicted molar refractivity (Wildman–Crippen MR) is 117 cm³/mol. The predicted octanol–water partition coefficient (Wildman–Crippen LogP) is 4.51. The Kier molecular flexibility index (Phi) is 5.21. The molecule has 3 heterocycles. The lowest BCUT2D eigenvalue weighted by atomic mass is 9.98. The van der Waals surface area contributed by atoms with Crippen molar-refractivity contribution >= 4 is 32.5 Å². The van der Waals surface area contributed by atoms with Crippen LogP contribution in [0, 0.1) is 0 Å². The second kappa shape index (κ2) is 8.03. The number of pyridine rings is 1. The Balaban J connectivity index is 1.33. The Morgan fingerprint density at radius 2 is 1.81 bits per heavy atom. The number of rotatable bonds is 4. The molecule has 158 valence electrons. The van der Waals surface area contributed by atoms with Crippen molar-refractivity contribution in [2.75, 3.05) is 13.1 Å². The first-order valence-electron chi connectivity index (χ1n) is 9.96. The molecule has 1 aliphatic heterocycles. The third-order valence-corrected chi connectivity index (χ3v) is 7.71. The number of sulfonamides is 1. The lowest BCUT2D eigenvalue weighted by Gasteiger charge is -2.29. The molecule has 7 nitrogen and oxygen atoms in total. The molecule has 2 aromatic carbocycles. The highest BCUT2D eigenvalue weighted by Crippen LogP contribution is 2.32. The minimum Gasteiger partial charge on any atom is -0.339 e. The lowest BCUT2D eigenvalue weighted by molar-refractivity contribution is 0.271. The maximum Gasteiger partial charge on any atom is 0.245 e. The molecule has 0 aliphatic carbocycles. The monoisotopic (exact) mass is 454 g/mol. The molecular weight excluding hydrogens is 436 g/mol. The number of para-hydroxylation sites is 1. The molecule has 31 heavy (non-hydrogen) atoms. The Hall–Kier alpha value is -2.81. The van der Waals surface area contributed by atoms with Crippen LogP contribution in [0.2, 0.25) is 5.02 Å². The SMILES string of the molecule is O=S(=O)(c1cccc2cccnc12)N1CCC(c2nc(-c3cccc(Cl)c3)no2)CC1. The normalized spacial score (nSPS) is 16.0. The first-order valence-corrected chi connectivity index (χ1v) is 11.8. The fourth-order valence-corrected chi connectivity index (χ4v) is 5.74. The highest BCUT2D eigenvalue weighted by atomic mass is 35.5. The van der Waals surface area contributed by atoms with Gasteiger partial charge in [-0.1, -0.05) is 47.1 Å². The van der Waals surface area contributed by atoms with Crippen LogP contribution in [0.5, 0.6) is 0 Å². The van der Waals surface area contributed by atoms with Gasteiger partial charge in [-0.2, -0.15) is 9.29 Å². The molecule has 9 heteroatoms. The Morgan fingerprint density at radius 1 is 1.03 bits per heavy atom. The molecule has 0 N–H and O–H groups in total.